The summed E-state index contributed by atoms with van der Waals surface area (Å²) in [6.45, 7) is 0.275. The van der Waals surface area contributed by atoms with Gasteiger partial charge in [-0.05, 0) is 35.9 Å². The van der Waals surface area contributed by atoms with Crippen molar-refractivity contribution in [2.45, 2.75) is 12.7 Å². The molecule has 3 aromatic heterocycles. The van der Waals surface area contributed by atoms with Crippen molar-refractivity contribution in [1.29, 1.82) is 0 Å². The van der Waals surface area contributed by atoms with Crippen LogP contribution in [-0.4, -0.2) is 55.2 Å². The third kappa shape index (κ3) is 6.18. The molecule has 39 heavy (non-hydrogen) atoms. The van der Waals surface area contributed by atoms with Gasteiger partial charge in [-0.15, -0.1) is 0 Å². The summed E-state index contributed by atoms with van der Waals surface area (Å²) < 4.78 is 36.9. The van der Waals surface area contributed by atoms with Gasteiger partial charge in [0.1, 0.15) is 17.7 Å². The highest BCUT2D eigenvalue weighted by atomic mass is 19.4. The number of aromatic amines is 2. The fourth-order valence-electron chi connectivity index (χ4n) is 3.54. The van der Waals surface area contributed by atoms with Gasteiger partial charge in [0.15, 0.2) is 5.82 Å². The number of fused-ring (bicyclic) bond motifs is 2. The number of hydrogen-bond donors (Lipinski definition) is 4. The maximum absolute atomic E-state index is 12.7. The van der Waals surface area contributed by atoms with E-state index in [2.05, 4.69) is 30.2 Å². The lowest BCUT2D eigenvalue weighted by Crippen LogP contribution is -2.27. The number of benzene rings is 2. The number of carboxylic acid groups (broad SMARTS) is 1. The van der Waals surface area contributed by atoms with E-state index >= 15 is 0 Å². The fourth-order valence-corrected chi connectivity index (χ4v) is 3.54. The van der Waals surface area contributed by atoms with Crippen molar-refractivity contribution in [2.24, 2.45) is 0 Å². The van der Waals surface area contributed by atoms with E-state index in [0.717, 1.165) is 16.5 Å². The van der Waals surface area contributed by atoms with Gasteiger partial charge in [0.2, 0.25) is 0 Å². The molecule has 3 heterocycles. The van der Waals surface area contributed by atoms with E-state index in [9.17, 15) is 22.8 Å². The molecule has 0 unspecified atom stereocenters. The van der Waals surface area contributed by atoms with Crippen molar-refractivity contribution in [2.75, 3.05) is 7.11 Å². The topological polar surface area (TPSA) is 163 Å². The van der Waals surface area contributed by atoms with Gasteiger partial charge in [0, 0.05) is 23.7 Å². The van der Waals surface area contributed by atoms with E-state index in [-0.39, 0.29) is 12.4 Å². The minimum atomic E-state index is -5.08. The normalized spacial score (nSPS) is 11.1. The van der Waals surface area contributed by atoms with Crippen LogP contribution in [0.4, 0.5) is 13.2 Å². The molecule has 200 valence electrons. The summed E-state index contributed by atoms with van der Waals surface area (Å²) in [4.78, 5) is 52.7. The number of aromatic nitrogens is 5. The number of H-pyrrole nitrogens is 2. The van der Waals surface area contributed by atoms with Crippen LogP contribution in [0.2, 0.25) is 0 Å². The lowest BCUT2D eigenvalue weighted by atomic mass is 10.1. The second kappa shape index (κ2) is 11.0. The molecule has 5 rings (SSSR count). The lowest BCUT2D eigenvalue weighted by molar-refractivity contribution is -0.192. The zero-order chi connectivity index (χ0) is 28.2. The number of nitrogens with zero attached hydrogens (tertiary/aromatic N) is 3. The van der Waals surface area contributed by atoms with Gasteiger partial charge in [-0.3, -0.25) is 9.59 Å². The van der Waals surface area contributed by atoms with Crippen molar-refractivity contribution >= 4 is 33.8 Å². The molecule has 0 saturated heterocycles. The van der Waals surface area contributed by atoms with Crippen molar-refractivity contribution in [3.63, 3.8) is 0 Å². The Hall–Kier alpha value is -5.27. The minimum Gasteiger partial charge on any atom is -0.497 e. The Morgan fingerprint density at radius 1 is 1.08 bits per heavy atom. The summed E-state index contributed by atoms with van der Waals surface area (Å²) in [6.07, 6.45) is -1.83. The van der Waals surface area contributed by atoms with E-state index in [1.165, 1.54) is 6.33 Å². The van der Waals surface area contributed by atoms with Gasteiger partial charge in [0.05, 0.1) is 23.7 Å². The Bertz CT molecular complexity index is 1730. The average Bonchev–Trinajstić information content (AvgIpc) is 3.41. The van der Waals surface area contributed by atoms with Crippen molar-refractivity contribution in [1.82, 2.24) is 30.2 Å². The predicted molar refractivity (Wildman–Crippen MR) is 133 cm³/mol. The van der Waals surface area contributed by atoms with Crippen LogP contribution < -0.4 is 15.6 Å². The van der Waals surface area contributed by atoms with Crippen LogP contribution in [0.25, 0.3) is 33.2 Å². The first-order chi connectivity index (χ1) is 18.6. The highest BCUT2D eigenvalue weighted by molar-refractivity contribution is 5.95. The molecule has 5 aromatic rings. The average molecular weight is 540 g/mol. The lowest BCUT2D eigenvalue weighted by Gasteiger charge is -2.08. The number of aliphatic carboxylic acids is 1. The monoisotopic (exact) mass is 540 g/mol. The number of methoxy groups -OCH3 is 1. The highest BCUT2D eigenvalue weighted by Crippen LogP contribution is 2.26. The number of carbonyl (C=O) groups is 2. The van der Waals surface area contributed by atoms with Crippen molar-refractivity contribution < 1.29 is 32.6 Å². The molecule has 0 atom stereocenters. The van der Waals surface area contributed by atoms with Gasteiger partial charge >= 0.3 is 12.1 Å². The number of amides is 1. The van der Waals surface area contributed by atoms with E-state index in [4.69, 9.17) is 14.6 Å². The molecule has 0 spiro atoms. The number of carbonyl (C=O) groups excluding carboxylic acids is 1. The third-order valence-corrected chi connectivity index (χ3v) is 5.38. The number of alkyl halides is 3. The molecule has 11 nitrogen and oxygen atoms in total. The highest BCUT2D eigenvalue weighted by Gasteiger charge is 2.38. The Morgan fingerprint density at radius 2 is 1.85 bits per heavy atom. The van der Waals surface area contributed by atoms with Crippen LogP contribution >= 0.6 is 0 Å². The molecular weight excluding hydrogens is 521 g/mol. The summed E-state index contributed by atoms with van der Waals surface area (Å²) in [7, 11) is 1.58. The molecule has 0 saturated carbocycles. The number of ether oxygens (including phenoxy) is 1. The van der Waals surface area contributed by atoms with Gasteiger partial charge in [-0.25, -0.2) is 19.7 Å². The summed E-state index contributed by atoms with van der Waals surface area (Å²) >= 11 is 0. The van der Waals surface area contributed by atoms with Crippen LogP contribution in [-0.2, 0) is 11.3 Å². The van der Waals surface area contributed by atoms with Gasteiger partial charge < -0.3 is 25.1 Å². The summed E-state index contributed by atoms with van der Waals surface area (Å²) in [5, 5.41) is 11.1. The molecule has 0 aliphatic heterocycles. The molecule has 4 N–H and O–H groups in total. The molecule has 0 radical (unpaired) electrons. The number of halogens is 3. The van der Waals surface area contributed by atoms with Crippen molar-refractivity contribution in [3.8, 4) is 17.0 Å². The molecule has 1 amide bonds. The first-order valence-corrected chi connectivity index (χ1v) is 11.1. The maximum atomic E-state index is 12.7. The number of nitrogens with one attached hydrogen (secondary N) is 3. The Balaban J connectivity index is 0.000000448. The van der Waals surface area contributed by atoms with Crippen LogP contribution in [0.5, 0.6) is 5.75 Å². The zero-order valence-electron chi connectivity index (χ0n) is 20.0. The fraction of sp³-hybridized carbons (Fsp3) is 0.120. The zero-order valence-corrected chi connectivity index (χ0v) is 20.0. The molecule has 0 fully saturated rings. The summed E-state index contributed by atoms with van der Waals surface area (Å²) in [5.74, 6) is -2.58. The van der Waals surface area contributed by atoms with Crippen LogP contribution in [0.3, 0.4) is 0 Å². The second-order valence-electron chi connectivity index (χ2n) is 7.95. The first-order valence-electron chi connectivity index (χ1n) is 11.1. The SMILES string of the molecule is COc1cccc(CNC(=O)c2nc3ccc(-c4ncnc5[nH]ccc45)cc3c(=O)[nH]2)c1.O=C(O)C(F)(F)F. The van der Waals surface area contributed by atoms with E-state index in [0.29, 0.717) is 28.0 Å². The number of rotatable bonds is 5. The molecule has 14 heteroatoms. The Morgan fingerprint density at radius 3 is 2.56 bits per heavy atom. The third-order valence-electron chi connectivity index (χ3n) is 5.38. The van der Waals surface area contributed by atoms with Crippen LogP contribution in [0.1, 0.15) is 16.2 Å². The molecule has 0 aliphatic carbocycles. The van der Waals surface area contributed by atoms with Crippen LogP contribution in [0.15, 0.2) is 65.8 Å². The minimum absolute atomic E-state index is 0.0480. The second-order valence-corrected chi connectivity index (χ2v) is 7.95. The van der Waals surface area contributed by atoms with Crippen molar-refractivity contribution in [3.05, 3.63) is 82.8 Å². The van der Waals surface area contributed by atoms with Gasteiger partial charge in [-0.2, -0.15) is 13.2 Å². The standard InChI is InChI=1S/C23H18N6O3.C2HF3O2/c1-32-15-4-2-3-13(9-15)11-25-23(31)21-28-18-6-5-14(10-17(18)22(30)29-21)19-16-7-8-24-20(16)27-12-26-19;3-2(4,5)1(6)7/h2-10,12H,11H2,1H3,(H,25,31)(H,24,26,27)(H,28,29,30);(H,6,7). The van der Waals surface area contributed by atoms with E-state index < -0.39 is 23.6 Å². The number of carboxylic acids is 1. The predicted octanol–water partition coefficient (Wildman–Crippen LogP) is 3.43. The molecule has 2 aromatic carbocycles. The molecular formula is C25H19F3N6O5. The quantitative estimate of drug-likeness (QED) is 0.263. The van der Waals surface area contributed by atoms with Gasteiger partial charge in [0.25, 0.3) is 11.5 Å². The maximum Gasteiger partial charge on any atom is 0.490 e. The molecule has 0 bridgehead atoms. The van der Waals surface area contributed by atoms with Crippen LogP contribution in [0, 0.1) is 0 Å². The van der Waals surface area contributed by atoms with E-state index in [1.807, 2.05) is 36.4 Å². The molecule has 0 aliphatic rings. The summed E-state index contributed by atoms with van der Waals surface area (Å²) in [6, 6.07) is 14.5. The first kappa shape index (κ1) is 26.8. The number of hydrogen-bond acceptors (Lipinski definition) is 7. The Kier molecular flexibility index (Phi) is 7.56. The smallest absolute Gasteiger partial charge is 0.490 e. The Labute approximate surface area is 216 Å². The van der Waals surface area contributed by atoms with E-state index in [1.54, 1.807) is 25.4 Å². The largest absolute Gasteiger partial charge is 0.497 e. The van der Waals surface area contributed by atoms with Gasteiger partial charge in [-0.1, -0.05) is 18.2 Å². The summed E-state index contributed by atoms with van der Waals surface area (Å²) in [5.41, 5.74) is 3.06.